The van der Waals surface area contributed by atoms with Crippen molar-refractivity contribution in [2.24, 2.45) is 5.73 Å². The first-order chi connectivity index (χ1) is 10.3. The lowest BCUT2D eigenvalue weighted by molar-refractivity contribution is -0.137. The number of piperidine rings is 1. The van der Waals surface area contributed by atoms with Gasteiger partial charge in [0.2, 0.25) is 0 Å². The minimum absolute atomic E-state index is 0.311. The second kappa shape index (κ2) is 6.13. The number of alkyl halides is 3. The molecule has 1 amide bonds. The summed E-state index contributed by atoms with van der Waals surface area (Å²) in [6.07, 6.45) is -4.76. The quantitative estimate of drug-likeness (QED) is 0.910. The molecule has 0 aromatic heterocycles. The molecule has 0 spiro atoms. The van der Waals surface area contributed by atoms with Gasteiger partial charge in [0.05, 0.1) is 17.2 Å². The molecule has 118 valence electrons. The summed E-state index contributed by atoms with van der Waals surface area (Å²) in [4.78, 5) is 12.4. The maximum absolute atomic E-state index is 12.9. The number of rotatable bonds is 2. The molecule has 8 heteroatoms. The Morgan fingerprint density at radius 3 is 2.50 bits per heavy atom. The van der Waals surface area contributed by atoms with Crippen molar-refractivity contribution in [2.45, 2.75) is 25.1 Å². The van der Waals surface area contributed by atoms with Crippen LogP contribution >= 0.6 is 0 Å². The van der Waals surface area contributed by atoms with Crippen molar-refractivity contribution in [3.8, 4) is 6.07 Å². The lowest BCUT2D eigenvalue weighted by Gasteiger charge is -2.33. The summed E-state index contributed by atoms with van der Waals surface area (Å²) in [5, 5.41) is 8.78. The van der Waals surface area contributed by atoms with Crippen molar-refractivity contribution in [1.82, 2.24) is 0 Å². The third kappa shape index (κ3) is 3.61. The van der Waals surface area contributed by atoms with Gasteiger partial charge in [-0.2, -0.15) is 18.4 Å². The SMILES string of the molecule is N#Cc1ccc(N2CCC(OC(N)=O)CC2)cc1C(F)(F)F. The summed E-state index contributed by atoms with van der Waals surface area (Å²) in [7, 11) is 0. The van der Waals surface area contributed by atoms with Crippen LogP contribution in [0.1, 0.15) is 24.0 Å². The molecule has 0 saturated carbocycles. The standard InChI is InChI=1S/C14H14F3N3O2/c15-14(16,17)12-7-10(2-1-9(12)8-18)20-5-3-11(4-6-20)22-13(19)21/h1-2,7,11H,3-6H2,(H2,19,21). The number of primary amides is 1. The average Bonchev–Trinajstić information content (AvgIpc) is 2.46. The molecule has 2 N–H and O–H groups in total. The number of benzene rings is 1. The molecule has 5 nitrogen and oxygen atoms in total. The molecule has 22 heavy (non-hydrogen) atoms. The van der Waals surface area contributed by atoms with Gasteiger partial charge in [0.1, 0.15) is 6.10 Å². The van der Waals surface area contributed by atoms with Crippen LogP contribution in [0.5, 0.6) is 0 Å². The van der Waals surface area contributed by atoms with E-state index in [1.54, 1.807) is 11.0 Å². The van der Waals surface area contributed by atoms with E-state index in [2.05, 4.69) is 0 Å². The Bertz CT molecular complexity index is 602. The molecule has 1 saturated heterocycles. The largest absolute Gasteiger partial charge is 0.446 e. The maximum atomic E-state index is 12.9. The van der Waals surface area contributed by atoms with Crippen molar-refractivity contribution in [1.29, 1.82) is 5.26 Å². The average molecular weight is 313 g/mol. The molecular weight excluding hydrogens is 299 g/mol. The number of ether oxygens (including phenoxy) is 1. The first-order valence-corrected chi connectivity index (χ1v) is 6.63. The van der Waals surface area contributed by atoms with Gasteiger partial charge in [0.25, 0.3) is 0 Å². The lowest BCUT2D eigenvalue weighted by Crippen LogP contribution is -2.38. The summed E-state index contributed by atoms with van der Waals surface area (Å²) < 4.78 is 43.7. The highest BCUT2D eigenvalue weighted by atomic mass is 19.4. The van der Waals surface area contributed by atoms with E-state index in [0.29, 0.717) is 31.6 Å². The van der Waals surface area contributed by atoms with Gasteiger partial charge in [-0.3, -0.25) is 0 Å². The first kappa shape index (κ1) is 15.9. The Balaban J connectivity index is 2.15. The molecule has 1 aromatic carbocycles. The Morgan fingerprint density at radius 2 is 2.00 bits per heavy atom. The number of anilines is 1. The Labute approximate surface area is 125 Å². The molecule has 0 bridgehead atoms. The number of carbonyl (C=O) groups excluding carboxylic acids is 1. The second-order valence-corrected chi connectivity index (χ2v) is 4.96. The molecule has 1 aromatic rings. The van der Waals surface area contributed by atoms with Gasteiger partial charge in [-0.1, -0.05) is 0 Å². The molecule has 0 unspecified atom stereocenters. The molecule has 0 radical (unpaired) electrons. The number of nitrogens with zero attached hydrogens (tertiary/aromatic N) is 2. The predicted molar refractivity (Wildman–Crippen MR) is 72.1 cm³/mol. The van der Waals surface area contributed by atoms with Gasteiger partial charge < -0.3 is 15.4 Å². The topological polar surface area (TPSA) is 79.3 Å². The summed E-state index contributed by atoms with van der Waals surface area (Å²) in [6, 6.07) is 5.19. The molecule has 1 fully saturated rings. The molecule has 0 aliphatic carbocycles. The number of nitriles is 1. The summed E-state index contributed by atoms with van der Waals surface area (Å²) in [5.74, 6) is 0. The third-order valence-electron chi connectivity index (χ3n) is 3.52. The monoisotopic (exact) mass is 313 g/mol. The fourth-order valence-corrected chi connectivity index (χ4v) is 2.46. The van der Waals surface area contributed by atoms with Crippen LogP contribution in [-0.2, 0) is 10.9 Å². The summed E-state index contributed by atoms with van der Waals surface area (Å²) in [6.45, 7) is 0.891. The van der Waals surface area contributed by atoms with E-state index >= 15 is 0 Å². The van der Waals surface area contributed by atoms with E-state index in [1.807, 2.05) is 0 Å². The number of halogens is 3. The van der Waals surface area contributed by atoms with Crippen molar-refractivity contribution < 1.29 is 22.7 Å². The zero-order chi connectivity index (χ0) is 16.3. The maximum Gasteiger partial charge on any atom is 0.417 e. The normalized spacial score (nSPS) is 16.2. The van der Waals surface area contributed by atoms with E-state index in [9.17, 15) is 18.0 Å². The smallest absolute Gasteiger partial charge is 0.417 e. The van der Waals surface area contributed by atoms with Crippen molar-refractivity contribution >= 4 is 11.8 Å². The zero-order valence-corrected chi connectivity index (χ0v) is 11.6. The number of carbonyl (C=O) groups is 1. The van der Waals surface area contributed by atoms with Gasteiger partial charge in [-0.15, -0.1) is 0 Å². The lowest BCUT2D eigenvalue weighted by atomic mass is 10.0. The second-order valence-electron chi connectivity index (χ2n) is 4.96. The first-order valence-electron chi connectivity index (χ1n) is 6.63. The van der Waals surface area contributed by atoms with Crippen LogP contribution in [0.25, 0.3) is 0 Å². The number of amides is 1. The van der Waals surface area contributed by atoms with Crippen LogP contribution in [0.4, 0.5) is 23.7 Å². The highest BCUT2D eigenvalue weighted by Gasteiger charge is 2.34. The number of hydrogen-bond acceptors (Lipinski definition) is 4. The van der Waals surface area contributed by atoms with Crippen LogP contribution in [0.2, 0.25) is 0 Å². The van der Waals surface area contributed by atoms with E-state index in [4.69, 9.17) is 15.7 Å². The van der Waals surface area contributed by atoms with Crippen LogP contribution in [0.3, 0.4) is 0 Å². The number of nitrogens with two attached hydrogens (primary N) is 1. The predicted octanol–water partition coefficient (Wildman–Crippen LogP) is 2.64. The van der Waals surface area contributed by atoms with Crippen LogP contribution < -0.4 is 10.6 Å². The minimum Gasteiger partial charge on any atom is -0.446 e. The fourth-order valence-electron chi connectivity index (χ4n) is 2.46. The minimum atomic E-state index is -4.57. The van der Waals surface area contributed by atoms with Crippen molar-refractivity contribution in [3.63, 3.8) is 0 Å². The Morgan fingerprint density at radius 1 is 1.36 bits per heavy atom. The number of hydrogen-bond donors (Lipinski definition) is 1. The molecule has 2 rings (SSSR count). The van der Waals surface area contributed by atoms with Gasteiger partial charge in [0.15, 0.2) is 0 Å². The van der Waals surface area contributed by atoms with Gasteiger partial charge in [-0.05, 0) is 18.2 Å². The van der Waals surface area contributed by atoms with Crippen LogP contribution in [-0.4, -0.2) is 25.3 Å². The molecule has 1 aliphatic rings. The Hall–Kier alpha value is -2.43. The summed E-state index contributed by atoms with van der Waals surface area (Å²) >= 11 is 0. The molecule has 1 aliphatic heterocycles. The summed E-state index contributed by atoms with van der Waals surface area (Å²) in [5.41, 5.74) is 3.99. The molecule has 0 atom stereocenters. The van der Waals surface area contributed by atoms with E-state index in [0.717, 1.165) is 6.07 Å². The Kier molecular flexibility index (Phi) is 4.45. The van der Waals surface area contributed by atoms with Gasteiger partial charge >= 0.3 is 12.3 Å². The van der Waals surface area contributed by atoms with E-state index in [-0.39, 0.29) is 6.10 Å². The van der Waals surface area contributed by atoms with Crippen LogP contribution in [0.15, 0.2) is 18.2 Å². The molecule has 1 heterocycles. The van der Waals surface area contributed by atoms with Crippen LogP contribution in [0, 0.1) is 11.3 Å². The highest BCUT2D eigenvalue weighted by Crippen LogP contribution is 2.35. The van der Waals surface area contributed by atoms with Crippen molar-refractivity contribution in [2.75, 3.05) is 18.0 Å². The highest BCUT2D eigenvalue weighted by molar-refractivity contribution is 5.64. The van der Waals surface area contributed by atoms with E-state index < -0.39 is 23.4 Å². The third-order valence-corrected chi connectivity index (χ3v) is 3.52. The van der Waals surface area contributed by atoms with E-state index in [1.165, 1.54) is 12.1 Å². The van der Waals surface area contributed by atoms with Crippen molar-refractivity contribution in [3.05, 3.63) is 29.3 Å². The van der Waals surface area contributed by atoms with Gasteiger partial charge in [-0.25, -0.2) is 4.79 Å². The van der Waals surface area contributed by atoms with Gasteiger partial charge in [0, 0.05) is 31.6 Å². The zero-order valence-electron chi connectivity index (χ0n) is 11.6. The fraction of sp³-hybridized carbons (Fsp3) is 0.429. The molecular formula is C14H14F3N3O2.